The van der Waals surface area contributed by atoms with Gasteiger partial charge in [-0.3, -0.25) is 4.79 Å². The number of carbonyl (C=O) groups is 1. The fourth-order valence-electron chi connectivity index (χ4n) is 1.22. The summed E-state index contributed by atoms with van der Waals surface area (Å²) in [5.41, 5.74) is 0.812. The van der Waals surface area contributed by atoms with Gasteiger partial charge < -0.3 is 5.11 Å². The average molecular weight is 285 g/mol. The van der Waals surface area contributed by atoms with Crippen molar-refractivity contribution in [3.05, 3.63) is 30.3 Å². The Balaban J connectivity index is 2.12. The van der Waals surface area contributed by atoms with Gasteiger partial charge in [0.15, 0.2) is 0 Å². The van der Waals surface area contributed by atoms with Crippen molar-refractivity contribution in [3.8, 4) is 5.69 Å². The van der Waals surface area contributed by atoms with Crippen LogP contribution in [-0.2, 0) is 4.79 Å². The van der Waals surface area contributed by atoms with Gasteiger partial charge in [-0.25, -0.2) is 0 Å². The molecule has 6 nitrogen and oxygen atoms in total. The number of thioether (sulfide) groups is 1. The number of alkyl halides is 1. The van der Waals surface area contributed by atoms with Gasteiger partial charge in [0.1, 0.15) is 5.38 Å². The maximum absolute atomic E-state index is 10.6. The van der Waals surface area contributed by atoms with Crippen molar-refractivity contribution in [2.24, 2.45) is 0 Å². The first-order chi connectivity index (χ1) is 8.68. The maximum Gasteiger partial charge on any atom is 0.322 e. The summed E-state index contributed by atoms with van der Waals surface area (Å²) in [4.78, 5) is 10.6. The molecule has 94 valence electrons. The first kappa shape index (κ1) is 12.8. The summed E-state index contributed by atoms with van der Waals surface area (Å²) < 4.78 is 1.54. The zero-order valence-corrected chi connectivity index (χ0v) is 10.7. The van der Waals surface area contributed by atoms with Gasteiger partial charge in [0.05, 0.1) is 5.69 Å². The Morgan fingerprint density at radius 3 is 2.83 bits per heavy atom. The lowest BCUT2D eigenvalue weighted by Gasteiger charge is -2.05. The summed E-state index contributed by atoms with van der Waals surface area (Å²) >= 11 is 6.83. The van der Waals surface area contributed by atoms with E-state index >= 15 is 0 Å². The fraction of sp³-hybridized carbons (Fsp3) is 0.200. The standard InChI is InChI=1S/C10H9ClN4O2S/c11-8(9(16)17)6-18-10-12-13-14-15(10)7-4-2-1-3-5-7/h1-5,8H,6H2,(H,16,17). The predicted octanol–water partition coefficient (Wildman–Crippen LogP) is 1.45. The lowest BCUT2D eigenvalue weighted by atomic mass is 10.3. The zero-order valence-electron chi connectivity index (χ0n) is 9.10. The molecule has 8 heteroatoms. The maximum atomic E-state index is 10.6. The van der Waals surface area contributed by atoms with Crippen LogP contribution < -0.4 is 0 Å². The molecule has 2 rings (SSSR count). The van der Waals surface area contributed by atoms with Crippen LogP contribution >= 0.6 is 23.4 Å². The summed E-state index contributed by atoms with van der Waals surface area (Å²) in [7, 11) is 0. The van der Waals surface area contributed by atoms with E-state index in [2.05, 4.69) is 15.5 Å². The molecule has 2 aromatic rings. The molecule has 1 aromatic heterocycles. The van der Waals surface area contributed by atoms with Crippen LogP contribution in [0.25, 0.3) is 5.69 Å². The highest BCUT2D eigenvalue weighted by atomic mass is 35.5. The molecule has 0 spiro atoms. The highest BCUT2D eigenvalue weighted by Gasteiger charge is 2.16. The van der Waals surface area contributed by atoms with E-state index in [4.69, 9.17) is 16.7 Å². The number of tetrazole rings is 1. The molecule has 0 saturated heterocycles. The molecule has 0 amide bonds. The van der Waals surface area contributed by atoms with Gasteiger partial charge in [-0.05, 0) is 22.6 Å². The summed E-state index contributed by atoms with van der Waals surface area (Å²) in [5, 5.41) is 19.5. The predicted molar refractivity (Wildman–Crippen MR) is 67.2 cm³/mol. The van der Waals surface area contributed by atoms with E-state index in [9.17, 15) is 4.79 Å². The number of para-hydroxylation sites is 1. The minimum Gasteiger partial charge on any atom is -0.480 e. The normalized spacial score (nSPS) is 12.3. The number of hydrogen-bond donors (Lipinski definition) is 1. The van der Waals surface area contributed by atoms with E-state index in [0.717, 1.165) is 5.69 Å². The Hall–Kier alpha value is -1.60. The Bertz CT molecular complexity index is 534. The molecule has 0 aliphatic heterocycles. The molecule has 1 aromatic carbocycles. The van der Waals surface area contributed by atoms with E-state index < -0.39 is 11.3 Å². The van der Waals surface area contributed by atoms with E-state index in [0.29, 0.717) is 5.16 Å². The van der Waals surface area contributed by atoms with Crippen LogP contribution in [0.15, 0.2) is 35.5 Å². The molecule has 0 radical (unpaired) electrons. The van der Waals surface area contributed by atoms with E-state index in [1.165, 1.54) is 16.4 Å². The quantitative estimate of drug-likeness (QED) is 0.661. The third-order valence-corrected chi connectivity index (χ3v) is 3.61. The average Bonchev–Trinajstić information content (AvgIpc) is 2.85. The minimum atomic E-state index is -1.05. The molecule has 1 atom stereocenters. The summed E-state index contributed by atoms with van der Waals surface area (Å²) in [6.07, 6.45) is 0. The Labute approximate surface area is 112 Å². The van der Waals surface area contributed by atoms with E-state index in [1.54, 1.807) is 0 Å². The molecule has 18 heavy (non-hydrogen) atoms. The SMILES string of the molecule is O=C(O)C(Cl)CSc1nnnn1-c1ccccc1. The second kappa shape index (κ2) is 5.83. The van der Waals surface area contributed by atoms with Gasteiger partial charge in [-0.15, -0.1) is 16.7 Å². The van der Waals surface area contributed by atoms with Gasteiger partial charge in [-0.2, -0.15) is 4.68 Å². The van der Waals surface area contributed by atoms with Crippen LogP contribution in [0.1, 0.15) is 0 Å². The summed E-state index contributed by atoms with van der Waals surface area (Å²) in [5.74, 6) is -0.854. The number of benzene rings is 1. The van der Waals surface area contributed by atoms with Gasteiger partial charge in [0.2, 0.25) is 5.16 Å². The number of carboxylic acids is 1. The number of aliphatic carboxylic acids is 1. The fourth-order valence-corrected chi connectivity index (χ4v) is 2.20. The molecule has 0 fully saturated rings. The third-order valence-electron chi connectivity index (χ3n) is 2.07. The first-order valence-corrected chi connectivity index (χ1v) is 6.44. The van der Waals surface area contributed by atoms with Gasteiger partial charge in [-0.1, -0.05) is 30.0 Å². The Morgan fingerprint density at radius 2 is 2.17 bits per heavy atom. The van der Waals surface area contributed by atoms with Gasteiger partial charge in [0, 0.05) is 5.75 Å². The third kappa shape index (κ3) is 2.99. The number of nitrogens with zero attached hydrogens (tertiary/aromatic N) is 4. The number of halogens is 1. The molecule has 1 N–H and O–H groups in total. The second-order valence-electron chi connectivity index (χ2n) is 3.33. The number of rotatable bonds is 5. The topological polar surface area (TPSA) is 80.9 Å². The van der Waals surface area contributed by atoms with Crippen LogP contribution in [0.4, 0.5) is 0 Å². The van der Waals surface area contributed by atoms with Crippen LogP contribution in [0, 0.1) is 0 Å². The van der Waals surface area contributed by atoms with Crippen molar-refractivity contribution in [2.75, 3.05) is 5.75 Å². The van der Waals surface area contributed by atoms with Crippen LogP contribution in [0.2, 0.25) is 0 Å². The van der Waals surface area contributed by atoms with E-state index in [1.807, 2.05) is 30.3 Å². The van der Waals surface area contributed by atoms with Crippen LogP contribution in [-0.4, -0.2) is 42.4 Å². The molecule has 1 unspecified atom stereocenters. The van der Waals surface area contributed by atoms with Crippen molar-refractivity contribution in [1.29, 1.82) is 0 Å². The summed E-state index contributed by atoms with van der Waals surface area (Å²) in [6.45, 7) is 0. The molecule has 0 bridgehead atoms. The Kier molecular flexibility index (Phi) is 4.16. The number of carboxylic acid groups (broad SMARTS) is 1. The van der Waals surface area contributed by atoms with Gasteiger partial charge in [0.25, 0.3) is 0 Å². The van der Waals surface area contributed by atoms with Crippen molar-refractivity contribution >= 4 is 29.3 Å². The Morgan fingerprint density at radius 1 is 1.44 bits per heavy atom. The highest BCUT2D eigenvalue weighted by molar-refractivity contribution is 7.99. The van der Waals surface area contributed by atoms with Crippen LogP contribution in [0.5, 0.6) is 0 Å². The molecule has 0 aliphatic rings. The summed E-state index contributed by atoms with van der Waals surface area (Å²) in [6, 6.07) is 9.34. The first-order valence-electron chi connectivity index (χ1n) is 5.02. The molecular formula is C10H9ClN4O2S. The number of aromatic nitrogens is 4. The molecular weight excluding hydrogens is 276 g/mol. The monoisotopic (exact) mass is 284 g/mol. The minimum absolute atomic E-state index is 0.199. The molecule has 1 heterocycles. The highest BCUT2D eigenvalue weighted by Crippen LogP contribution is 2.20. The van der Waals surface area contributed by atoms with Crippen molar-refractivity contribution in [2.45, 2.75) is 10.5 Å². The van der Waals surface area contributed by atoms with Crippen LogP contribution in [0.3, 0.4) is 0 Å². The molecule has 0 aliphatic carbocycles. The van der Waals surface area contributed by atoms with E-state index in [-0.39, 0.29) is 5.75 Å². The zero-order chi connectivity index (χ0) is 13.0. The lowest BCUT2D eigenvalue weighted by molar-refractivity contribution is -0.136. The smallest absolute Gasteiger partial charge is 0.322 e. The lowest BCUT2D eigenvalue weighted by Crippen LogP contribution is -2.16. The molecule has 0 saturated carbocycles. The van der Waals surface area contributed by atoms with Crippen molar-refractivity contribution in [3.63, 3.8) is 0 Å². The second-order valence-corrected chi connectivity index (χ2v) is 4.84. The van der Waals surface area contributed by atoms with Gasteiger partial charge >= 0.3 is 5.97 Å². The van der Waals surface area contributed by atoms with Crippen molar-refractivity contribution in [1.82, 2.24) is 20.2 Å². The van der Waals surface area contributed by atoms with Crippen molar-refractivity contribution < 1.29 is 9.90 Å². The largest absolute Gasteiger partial charge is 0.480 e. The number of hydrogen-bond acceptors (Lipinski definition) is 5.